The number of benzene rings is 1. The van der Waals surface area contributed by atoms with E-state index in [1.54, 1.807) is 18.2 Å². The van der Waals surface area contributed by atoms with Crippen LogP contribution in [0.3, 0.4) is 0 Å². The minimum atomic E-state index is -3.76. The normalized spacial score (nSPS) is 11.7. The van der Waals surface area contributed by atoms with E-state index in [1.165, 1.54) is 57.1 Å². The van der Waals surface area contributed by atoms with Crippen molar-refractivity contribution in [2.24, 2.45) is 0 Å². The van der Waals surface area contributed by atoms with Crippen LogP contribution in [0.4, 0.5) is 0 Å². The highest BCUT2D eigenvalue weighted by atomic mass is 32.2. The van der Waals surface area contributed by atoms with E-state index in [9.17, 15) is 13.2 Å². The molecule has 0 atom stereocenters. The van der Waals surface area contributed by atoms with Gasteiger partial charge in [-0.1, -0.05) is 76.5 Å². The molecule has 0 aliphatic carbocycles. The quantitative estimate of drug-likeness (QED) is 0.0497. The SMILES string of the molecule is CCCCCCCCCCCC(=O)OCCOCCOCCOCCOCCOCCOCCOCCOCCOCCOS(=O)(=O)c1ccccc1. The number of carbonyl (C=O) groups is 1. The molecule has 15 heteroatoms. The maximum atomic E-state index is 12.0. The molecule has 1 rings (SSSR count). The van der Waals surface area contributed by atoms with Crippen molar-refractivity contribution in [1.82, 2.24) is 0 Å². The largest absolute Gasteiger partial charge is 0.463 e. The summed E-state index contributed by atoms with van der Waals surface area (Å²) in [5, 5.41) is 0. The first kappa shape index (κ1) is 49.3. The van der Waals surface area contributed by atoms with Crippen molar-refractivity contribution in [1.29, 1.82) is 0 Å². The van der Waals surface area contributed by atoms with E-state index in [4.69, 9.17) is 51.6 Å². The van der Waals surface area contributed by atoms with E-state index in [-0.39, 0.29) is 30.7 Å². The van der Waals surface area contributed by atoms with Crippen LogP contribution in [0.1, 0.15) is 71.1 Å². The Labute approximate surface area is 318 Å². The molecule has 0 aliphatic rings. The number of carbonyl (C=O) groups excluding carboxylic acids is 1. The number of hydrogen-bond acceptors (Lipinski definition) is 14. The summed E-state index contributed by atoms with van der Waals surface area (Å²) in [6, 6.07) is 7.98. The van der Waals surface area contributed by atoms with Crippen molar-refractivity contribution in [2.45, 2.75) is 76.0 Å². The summed E-state index contributed by atoms with van der Waals surface area (Å²) in [5.74, 6) is -0.144. The molecule has 0 saturated heterocycles. The molecule has 0 fully saturated rings. The van der Waals surface area contributed by atoms with Gasteiger partial charge in [0.25, 0.3) is 10.1 Å². The second-order valence-electron chi connectivity index (χ2n) is 11.9. The highest BCUT2D eigenvalue weighted by molar-refractivity contribution is 7.86. The summed E-state index contributed by atoms with van der Waals surface area (Å²) < 4.78 is 83.1. The highest BCUT2D eigenvalue weighted by Crippen LogP contribution is 2.12. The predicted molar refractivity (Wildman–Crippen MR) is 200 cm³/mol. The first-order chi connectivity index (χ1) is 26.1. The lowest BCUT2D eigenvalue weighted by atomic mass is 10.1. The van der Waals surface area contributed by atoms with E-state index in [2.05, 4.69) is 6.92 Å². The van der Waals surface area contributed by atoms with Gasteiger partial charge in [0.1, 0.15) is 6.61 Å². The number of ether oxygens (including phenoxy) is 10. The van der Waals surface area contributed by atoms with Crippen LogP contribution in [-0.2, 0) is 66.5 Å². The lowest BCUT2D eigenvalue weighted by Crippen LogP contribution is -2.16. The Morgan fingerprint density at radius 1 is 0.434 bits per heavy atom. The maximum absolute atomic E-state index is 12.0. The summed E-state index contributed by atoms with van der Waals surface area (Å²) in [4.78, 5) is 11.9. The molecule has 14 nitrogen and oxygen atoms in total. The Hall–Kier alpha value is -1.76. The van der Waals surface area contributed by atoms with Crippen molar-refractivity contribution >= 4 is 16.1 Å². The standard InChI is InChI=1S/C38H68O14S/c1-2-3-4-5-6-7-8-9-13-16-38(39)51-35-33-49-31-29-47-27-25-45-23-21-43-19-17-42-18-20-44-22-24-46-26-28-48-30-32-50-34-36-52-53(40,41)37-14-11-10-12-15-37/h10-12,14-15H,2-9,13,16-36H2,1H3. The summed E-state index contributed by atoms with van der Waals surface area (Å²) in [5.41, 5.74) is 0. The Morgan fingerprint density at radius 3 is 1.13 bits per heavy atom. The van der Waals surface area contributed by atoms with Crippen molar-refractivity contribution < 1.29 is 64.8 Å². The minimum absolute atomic E-state index is 0.0613. The number of hydrogen-bond donors (Lipinski definition) is 0. The fraction of sp³-hybridized carbons (Fsp3) is 0.816. The Kier molecular flexibility index (Phi) is 35.8. The minimum Gasteiger partial charge on any atom is -0.463 e. The number of rotatable bonds is 42. The molecule has 0 heterocycles. The molecule has 0 radical (unpaired) electrons. The fourth-order valence-electron chi connectivity index (χ4n) is 4.59. The summed E-state index contributed by atoms with van der Waals surface area (Å²) in [7, 11) is -3.76. The van der Waals surface area contributed by atoms with Crippen molar-refractivity contribution in [2.75, 3.05) is 132 Å². The van der Waals surface area contributed by atoms with Crippen LogP contribution >= 0.6 is 0 Å². The molecule has 53 heavy (non-hydrogen) atoms. The molecule has 0 aliphatic heterocycles. The molecular weight excluding hydrogens is 712 g/mol. The van der Waals surface area contributed by atoms with Gasteiger partial charge >= 0.3 is 5.97 Å². The van der Waals surface area contributed by atoms with Gasteiger partial charge < -0.3 is 47.4 Å². The molecule has 0 saturated carbocycles. The predicted octanol–water partition coefficient (Wildman–Crippen LogP) is 5.01. The first-order valence-corrected chi connectivity index (χ1v) is 20.8. The molecule has 0 aromatic heterocycles. The van der Waals surface area contributed by atoms with Gasteiger partial charge in [-0.25, -0.2) is 0 Å². The molecule has 0 spiro atoms. The van der Waals surface area contributed by atoms with Gasteiger partial charge in [0.05, 0.1) is 130 Å². The zero-order chi connectivity index (χ0) is 38.2. The lowest BCUT2D eigenvalue weighted by Gasteiger charge is -2.09. The molecule has 0 unspecified atom stereocenters. The van der Waals surface area contributed by atoms with Gasteiger partial charge in [-0.05, 0) is 18.6 Å². The van der Waals surface area contributed by atoms with Crippen LogP contribution in [0, 0.1) is 0 Å². The fourth-order valence-corrected chi connectivity index (χ4v) is 5.50. The second kappa shape index (κ2) is 38.5. The van der Waals surface area contributed by atoms with Crippen molar-refractivity contribution in [3.8, 4) is 0 Å². The van der Waals surface area contributed by atoms with Crippen LogP contribution in [0.25, 0.3) is 0 Å². The Balaban J connectivity index is 1.67. The zero-order valence-electron chi connectivity index (χ0n) is 32.2. The van der Waals surface area contributed by atoms with Crippen LogP contribution in [0.5, 0.6) is 0 Å². The Morgan fingerprint density at radius 2 is 0.755 bits per heavy atom. The summed E-state index contributed by atoms with van der Waals surface area (Å²) in [6.45, 7) is 10.1. The van der Waals surface area contributed by atoms with Gasteiger partial charge in [-0.2, -0.15) is 8.42 Å². The molecule has 0 amide bonds. The number of esters is 1. The van der Waals surface area contributed by atoms with E-state index in [1.807, 2.05) is 0 Å². The highest BCUT2D eigenvalue weighted by Gasteiger charge is 2.13. The van der Waals surface area contributed by atoms with Crippen LogP contribution < -0.4 is 0 Å². The van der Waals surface area contributed by atoms with E-state index < -0.39 is 10.1 Å². The average molecular weight is 781 g/mol. The van der Waals surface area contributed by atoms with Crippen LogP contribution in [-0.4, -0.2) is 147 Å². The average Bonchev–Trinajstić information content (AvgIpc) is 3.16. The smallest absolute Gasteiger partial charge is 0.305 e. The van der Waals surface area contributed by atoms with E-state index >= 15 is 0 Å². The molecule has 1 aromatic carbocycles. The summed E-state index contributed by atoms with van der Waals surface area (Å²) >= 11 is 0. The maximum Gasteiger partial charge on any atom is 0.305 e. The monoisotopic (exact) mass is 780 g/mol. The van der Waals surface area contributed by atoms with Gasteiger partial charge in [0.15, 0.2) is 0 Å². The molecule has 1 aromatic rings. The van der Waals surface area contributed by atoms with Crippen molar-refractivity contribution in [3.63, 3.8) is 0 Å². The lowest BCUT2D eigenvalue weighted by molar-refractivity contribution is -0.145. The summed E-state index contributed by atoms with van der Waals surface area (Å²) in [6.07, 6.45) is 11.5. The second-order valence-corrected chi connectivity index (χ2v) is 13.5. The molecular formula is C38H68O14S. The van der Waals surface area contributed by atoms with Crippen molar-refractivity contribution in [3.05, 3.63) is 30.3 Å². The zero-order valence-corrected chi connectivity index (χ0v) is 33.0. The van der Waals surface area contributed by atoms with E-state index in [0.29, 0.717) is 119 Å². The van der Waals surface area contributed by atoms with Gasteiger partial charge in [0.2, 0.25) is 0 Å². The third-order valence-electron chi connectivity index (χ3n) is 7.45. The molecule has 0 bridgehead atoms. The van der Waals surface area contributed by atoms with Gasteiger partial charge in [0, 0.05) is 6.42 Å². The molecule has 310 valence electrons. The third-order valence-corrected chi connectivity index (χ3v) is 8.78. The van der Waals surface area contributed by atoms with Crippen LogP contribution in [0.2, 0.25) is 0 Å². The Bertz CT molecular complexity index is 1020. The van der Waals surface area contributed by atoms with E-state index in [0.717, 1.165) is 12.8 Å². The van der Waals surface area contributed by atoms with Gasteiger partial charge in [-0.15, -0.1) is 0 Å². The van der Waals surface area contributed by atoms with Crippen LogP contribution in [0.15, 0.2) is 35.2 Å². The van der Waals surface area contributed by atoms with Gasteiger partial charge in [-0.3, -0.25) is 8.98 Å². The first-order valence-electron chi connectivity index (χ1n) is 19.4. The topological polar surface area (TPSA) is 153 Å². The third kappa shape index (κ3) is 34.5. The molecule has 0 N–H and O–H groups in total. The number of unbranched alkanes of at least 4 members (excludes halogenated alkanes) is 8.